The summed E-state index contributed by atoms with van der Waals surface area (Å²) in [6, 6.07) is 1.39. The Hall–Kier alpha value is -0.680. The predicted molar refractivity (Wildman–Crippen MR) is 143 cm³/mol. The molecule has 38 heavy (non-hydrogen) atoms. The lowest BCUT2D eigenvalue weighted by Crippen LogP contribution is -2.69. The van der Waals surface area contributed by atoms with Crippen molar-refractivity contribution >= 4 is 86.1 Å². The number of sulfonamides is 2. The molecular formula is C20H18Cl4N2O8S4. The van der Waals surface area contributed by atoms with Gasteiger partial charge in [-0.2, -0.15) is 8.61 Å². The average molecular weight is 684 g/mol. The van der Waals surface area contributed by atoms with Gasteiger partial charge < -0.3 is 0 Å². The van der Waals surface area contributed by atoms with Crippen LogP contribution in [0, 0.1) is 0 Å². The van der Waals surface area contributed by atoms with Crippen LogP contribution in [-0.4, -0.2) is 89.5 Å². The molecule has 10 nitrogen and oxygen atoms in total. The molecule has 0 aliphatic carbocycles. The van der Waals surface area contributed by atoms with Crippen LogP contribution in [0.5, 0.6) is 0 Å². The monoisotopic (exact) mass is 682 g/mol. The zero-order valence-corrected chi connectivity index (χ0v) is 25.2. The van der Waals surface area contributed by atoms with Crippen LogP contribution in [0.25, 0.3) is 0 Å². The van der Waals surface area contributed by atoms with Gasteiger partial charge in [0.05, 0.1) is 77.1 Å². The highest BCUT2D eigenvalue weighted by Crippen LogP contribution is 2.44. The number of piperazine rings is 1. The quantitative estimate of drug-likeness (QED) is 0.478. The van der Waals surface area contributed by atoms with Crippen molar-refractivity contribution in [2.24, 2.45) is 0 Å². The third kappa shape index (κ3) is 4.78. The minimum atomic E-state index is -4.55. The van der Waals surface area contributed by atoms with E-state index in [0.29, 0.717) is 0 Å². The van der Waals surface area contributed by atoms with E-state index >= 15 is 0 Å². The van der Waals surface area contributed by atoms with Crippen molar-refractivity contribution in [2.75, 3.05) is 23.0 Å². The fourth-order valence-corrected chi connectivity index (χ4v) is 14.1. The maximum atomic E-state index is 13.9. The molecule has 0 amide bonds. The fourth-order valence-electron chi connectivity index (χ4n) is 5.32. The largest absolute Gasteiger partial charge is 0.243 e. The molecule has 0 saturated carbocycles. The summed E-state index contributed by atoms with van der Waals surface area (Å²) in [5, 5.41) is -0.0175. The Bertz CT molecular complexity index is 1610. The number of fused-ring (bicyclic) bond motifs is 2. The summed E-state index contributed by atoms with van der Waals surface area (Å²) in [6.07, 6.45) is 0. The molecule has 0 aromatic heterocycles. The zero-order valence-electron chi connectivity index (χ0n) is 18.9. The normalized spacial score (nSPS) is 29.2. The first-order chi connectivity index (χ1) is 17.4. The topological polar surface area (TPSA) is 143 Å². The van der Waals surface area contributed by atoms with Crippen LogP contribution in [0.3, 0.4) is 0 Å². The Morgan fingerprint density at radius 3 is 1.11 bits per heavy atom. The van der Waals surface area contributed by atoms with E-state index in [-0.39, 0.29) is 29.9 Å². The molecule has 0 unspecified atom stereocenters. The molecule has 5 rings (SSSR count). The van der Waals surface area contributed by atoms with Crippen LogP contribution >= 0.6 is 46.4 Å². The number of hydrogen-bond acceptors (Lipinski definition) is 8. The predicted octanol–water partition coefficient (Wildman–Crippen LogP) is 2.33. The number of sulfone groups is 2. The van der Waals surface area contributed by atoms with Gasteiger partial charge >= 0.3 is 0 Å². The SMILES string of the molecule is O=S1(=O)C[C@@H]2[C@H](C1)N(S(=O)(=O)c1ccc(Cl)c(Cl)c1)[C@H]1CS(=O)(=O)C[C@H]1N2S(=O)(=O)c1ccc(Cl)c(Cl)c1. The third-order valence-corrected chi connectivity index (χ3v) is 15.6. The van der Waals surface area contributed by atoms with E-state index in [9.17, 15) is 33.7 Å². The summed E-state index contributed by atoms with van der Waals surface area (Å²) in [4.78, 5) is -0.669. The smallest absolute Gasteiger partial charge is 0.229 e. The van der Waals surface area contributed by atoms with E-state index in [4.69, 9.17) is 46.4 Å². The van der Waals surface area contributed by atoms with Crippen LogP contribution in [0.1, 0.15) is 0 Å². The molecule has 18 heteroatoms. The number of hydrogen-bond donors (Lipinski definition) is 0. The van der Waals surface area contributed by atoms with Gasteiger partial charge in [-0.1, -0.05) is 46.4 Å². The number of benzene rings is 2. The number of halogens is 4. The van der Waals surface area contributed by atoms with Crippen LogP contribution in [0.2, 0.25) is 20.1 Å². The highest BCUT2D eigenvalue weighted by molar-refractivity contribution is 7.93. The second-order valence-electron chi connectivity index (χ2n) is 9.24. The Morgan fingerprint density at radius 2 is 0.842 bits per heavy atom. The molecule has 0 spiro atoms. The maximum absolute atomic E-state index is 13.9. The van der Waals surface area contributed by atoms with Gasteiger partial charge in [-0.15, -0.1) is 0 Å². The fraction of sp³-hybridized carbons (Fsp3) is 0.400. The van der Waals surface area contributed by atoms with Crippen molar-refractivity contribution in [3.8, 4) is 0 Å². The van der Waals surface area contributed by atoms with Crippen molar-refractivity contribution in [1.82, 2.24) is 8.61 Å². The lowest BCUT2D eigenvalue weighted by molar-refractivity contribution is 0.0841. The molecule has 3 aliphatic heterocycles. The van der Waals surface area contributed by atoms with Gasteiger partial charge in [0.25, 0.3) is 0 Å². The van der Waals surface area contributed by atoms with Gasteiger partial charge in [0.15, 0.2) is 19.7 Å². The van der Waals surface area contributed by atoms with Crippen molar-refractivity contribution < 1.29 is 33.7 Å². The molecule has 2 aromatic rings. The molecule has 0 N–H and O–H groups in total. The minimum absolute atomic E-state index is 0.0748. The summed E-state index contributed by atoms with van der Waals surface area (Å²) in [7, 11) is -17.0. The number of nitrogens with zero attached hydrogens (tertiary/aromatic N) is 2. The van der Waals surface area contributed by atoms with Gasteiger partial charge in [-0.05, 0) is 36.4 Å². The van der Waals surface area contributed by atoms with Gasteiger partial charge in [0.2, 0.25) is 20.0 Å². The first-order valence-corrected chi connectivity index (χ1v) is 18.9. The summed E-state index contributed by atoms with van der Waals surface area (Å²) < 4.78 is 109. The van der Waals surface area contributed by atoms with E-state index in [2.05, 4.69) is 0 Å². The molecule has 3 heterocycles. The Balaban J connectivity index is 1.71. The van der Waals surface area contributed by atoms with E-state index in [0.717, 1.165) is 20.7 Å². The molecule has 4 atom stereocenters. The lowest BCUT2D eigenvalue weighted by Gasteiger charge is -2.49. The molecule has 3 fully saturated rings. The summed E-state index contributed by atoms with van der Waals surface area (Å²) in [5.41, 5.74) is 0. The Kier molecular flexibility index (Phi) is 7.15. The third-order valence-electron chi connectivity index (χ3n) is 6.83. The first kappa shape index (κ1) is 28.8. The van der Waals surface area contributed by atoms with Gasteiger partial charge in [0.1, 0.15) is 0 Å². The maximum Gasteiger partial charge on any atom is 0.243 e. The van der Waals surface area contributed by atoms with E-state index in [1.807, 2.05) is 0 Å². The van der Waals surface area contributed by atoms with Crippen LogP contribution in [0.15, 0.2) is 46.2 Å². The van der Waals surface area contributed by atoms with Crippen molar-refractivity contribution in [2.45, 2.75) is 34.0 Å². The van der Waals surface area contributed by atoms with Crippen LogP contribution in [-0.2, 0) is 39.7 Å². The van der Waals surface area contributed by atoms with Gasteiger partial charge in [-0.25, -0.2) is 33.7 Å². The first-order valence-electron chi connectivity index (χ1n) is 10.8. The minimum Gasteiger partial charge on any atom is -0.229 e. The lowest BCUT2D eigenvalue weighted by atomic mass is 10.0. The van der Waals surface area contributed by atoms with Crippen LogP contribution in [0.4, 0.5) is 0 Å². The molecular weight excluding hydrogens is 666 g/mol. The highest BCUT2D eigenvalue weighted by Gasteiger charge is 2.63. The molecule has 0 radical (unpaired) electrons. The van der Waals surface area contributed by atoms with E-state index in [1.165, 1.54) is 24.3 Å². The van der Waals surface area contributed by atoms with Crippen LogP contribution < -0.4 is 0 Å². The van der Waals surface area contributed by atoms with Gasteiger partial charge in [-0.3, -0.25) is 0 Å². The standard InChI is InChI=1S/C20H18Cl4N2O8S4/c21-13-3-1-11(5-15(13)23)37(31,32)25-17-7-35(27,28)9-19(17)26(20-10-36(29,30)8-18(20)25)38(33,34)12-2-4-14(22)16(24)6-12/h1-6,17-20H,7-10H2/t17-,18-,19+,20+. The second-order valence-corrected chi connectivity index (χ2v) is 18.9. The molecule has 0 bridgehead atoms. The van der Waals surface area contributed by atoms with Crippen molar-refractivity contribution in [1.29, 1.82) is 0 Å². The van der Waals surface area contributed by atoms with E-state index in [1.54, 1.807) is 0 Å². The van der Waals surface area contributed by atoms with Crippen molar-refractivity contribution in [3.05, 3.63) is 56.5 Å². The van der Waals surface area contributed by atoms with E-state index < -0.39 is 86.9 Å². The molecule has 3 saturated heterocycles. The highest BCUT2D eigenvalue weighted by atomic mass is 35.5. The Labute approximate surface area is 240 Å². The molecule has 208 valence electrons. The zero-order chi connectivity index (χ0) is 28.0. The second kappa shape index (κ2) is 9.43. The summed E-state index contributed by atoms with van der Waals surface area (Å²) in [6.45, 7) is 0. The summed E-state index contributed by atoms with van der Waals surface area (Å²) in [5.74, 6) is -2.80. The van der Waals surface area contributed by atoms with Crippen molar-refractivity contribution in [3.63, 3.8) is 0 Å². The number of rotatable bonds is 4. The molecule has 3 aliphatic rings. The molecule has 2 aromatic carbocycles. The Morgan fingerprint density at radius 1 is 0.553 bits per heavy atom. The average Bonchev–Trinajstić information content (AvgIpc) is 3.27. The summed E-state index contributed by atoms with van der Waals surface area (Å²) >= 11 is 23.9. The van der Waals surface area contributed by atoms with Gasteiger partial charge in [0, 0.05) is 0 Å².